The number of pyridine rings is 1. The van der Waals surface area contributed by atoms with Crippen molar-refractivity contribution in [2.45, 2.75) is 37.8 Å². The van der Waals surface area contributed by atoms with Crippen molar-refractivity contribution in [2.24, 2.45) is 0 Å². The molecule has 3 aromatic rings. The van der Waals surface area contributed by atoms with Crippen LogP contribution in [0, 0.1) is 11.3 Å². The first-order chi connectivity index (χ1) is 19.1. The van der Waals surface area contributed by atoms with Gasteiger partial charge in [-0.25, -0.2) is 4.98 Å². The molecule has 39 heavy (non-hydrogen) atoms. The van der Waals surface area contributed by atoms with Crippen LogP contribution in [-0.2, 0) is 4.74 Å². The van der Waals surface area contributed by atoms with Gasteiger partial charge in [0.25, 0.3) is 5.91 Å². The molecule has 8 heteroatoms. The average Bonchev–Trinajstić information content (AvgIpc) is 3.00. The maximum Gasteiger partial charge on any atom is 0.270 e. The monoisotopic (exact) mass is 525 g/mol. The highest BCUT2D eigenvalue weighted by molar-refractivity contribution is 5.99. The maximum absolute atomic E-state index is 13.1. The molecule has 1 aliphatic carbocycles. The molecule has 2 fully saturated rings. The highest BCUT2D eigenvalue weighted by Gasteiger charge is 2.28. The van der Waals surface area contributed by atoms with Crippen molar-refractivity contribution in [3.8, 4) is 23.1 Å². The highest BCUT2D eigenvalue weighted by atomic mass is 16.5. The summed E-state index contributed by atoms with van der Waals surface area (Å²) in [6.07, 6.45) is 4.15. The fraction of sp³-hybridized carbons (Fsp3) is 0.387. The molecule has 5 rings (SSSR count). The summed E-state index contributed by atoms with van der Waals surface area (Å²) in [7, 11) is 1.62. The second-order valence-electron chi connectivity index (χ2n) is 10.2. The van der Waals surface area contributed by atoms with Crippen LogP contribution in [0.3, 0.4) is 0 Å². The summed E-state index contributed by atoms with van der Waals surface area (Å²) in [5.74, 6) is 0.543. The van der Waals surface area contributed by atoms with E-state index in [1.807, 2.05) is 42.5 Å². The van der Waals surface area contributed by atoms with Gasteiger partial charge in [-0.2, -0.15) is 5.26 Å². The molecule has 1 saturated carbocycles. The number of anilines is 1. The number of fused-ring (bicyclic) bond motifs is 1. The first-order valence-corrected chi connectivity index (χ1v) is 13.6. The molecular formula is C31H35N5O3. The molecule has 1 aliphatic heterocycles. The minimum absolute atomic E-state index is 0.133. The molecule has 1 amide bonds. The number of hydrogen-bond donors (Lipinski definition) is 2. The predicted molar refractivity (Wildman–Crippen MR) is 153 cm³/mol. The molecular weight excluding hydrogens is 490 g/mol. The highest BCUT2D eigenvalue weighted by Crippen LogP contribution is 2.35. The Morgan fingerprint density at radius 2 is 1.92 bits per heavy atom. The summed E-state index contributed by atoms with van der Waals surface area (Å²) < 4.78 is 11.1. The van der Waals surface area contributed by atoms with Crippen LogP contribution in [0.4, 0.5) is 5.69 Å². The number of nitriles is 1. The van der Waals surface area contributed by atoms with Crippen LogP contribution in [0.2, 0.25) is 0 Å². The van der Waals surface area contributed by atoms with E-state index >= 15 is 0 Å². The summed E-state index contributed by atoms with van der Waals surface area (Å²) in [6, 6.07) is 18.3. The molecule has 0 atom stereocenters. The molecule has 1 saturated heterocycles. The van der Waals surface area contributed by atoms with Gasteiger partial charge in [0.05, 0.1) is 37.8 Å². The fourth-order valence-corrected chi connectivity index (χ4v) is 5.56. The van der Waals surface area contributed by atoms with Crippen LogP contribution in [0.1, 0.15) is 36.2 Å². The van der Waals surface area contributed by atoms with Crippen molar-refractivity contribution in [2.75, 3.05) is 45.3 Å². The number of nitrogens with zero attached hydrogens (tertiary/aromatic N) is 3. The Morgan fingerprint density at radius 3 is 2.67 bits per heavy atom. The van der Waals surface area contributed by atoms with Gasteiger partial charge in [0, 0.05) is 48.2 Å². The van der Waals surface area contributed by atoms with Crippen molar-refractivity contribution in [3.05, 3.63) is 66.4 Å². The summed E-state index contributed by atoms with van der Waals surface area (Å²) in [5.41, 5.74) is 3.24. The number of benzene rings is 2. The smallest absolute Gasteiger partial charge is 0.270 e. The molecule has 0 radical (unpaired) electrons. The van der Waals surface area contributed by atoms with Crippen molar-refractivity contribution < 1.29 is 14.3 Å². The molecule has 0 bridgehead atoms. The zero-order valence-electron chi connectivity index (χ0n) is 22.4. The van der Waals surface area contributed by atoms with E-state index in [4.69, 9.17) is 19.7 Å². The van der Waals surface area contributed by atoms with Gasteiger partial charge in [0.2, 0.25) is 0 Å². The Morgan fingerprint density at radius 1 is 1.15 bits per heavy atom. The third-order valence-electron chi connectivity index (χ3n) is 7.71. The van der Waals surface area contributed by atoms with E-state index in [0.717, 1.165) is 79.7 Å². The largest absolute Gasteiger partial charge is 0.495 e. The zero-order chi connectivity index (χ0) is 27.2. The molecule has 2 N–H and O–H groups in total. The van der Waals surface area contributed by atoms with Gasteiger partial charge < -0.3 is 20.1 Å². The van der Waals surface area contributed by atoms with Gasteiger partial charge in [0.1, 0.15) is 11.4 Å². The van der Waals surface area contributed by atoms with Gasteiger partial charge in [-0.05, 0) is 55.3 Å². The van der Waals surface area contributed by atoms with E-state index in [9.17, 15) is 4.79 Å². The summed E-state index contributed by atoms with van der Waals surface area (Å²) >= 11 is 0. The lowest BCUT2D eigenvalue weighted by atomic mass is 9.90. The van der Waals surface area contributed by atoms with Gasteiger partial charge in [-0.3, -0.25) is 9.69 Å². The summed E-state index contributed by atoms with van der Waals surface area (Å²) in [4.78, 5) is 20.4. The molecule has 8 nitrogen and oxygen atoms in total. The predicted octanol–water partition coefficient (Wildman–Crippen LogP) is 4.78. The lowest BCUT2D eigenvalue weighted by Gasteiger charge is -2.38. The van der Waals surface area contributed by atoms with E-state index in [2.05, 4.69) is 28.2 Å². The lowest BCUT2D eigenvalue weighted by molar-refractivity contribution is 0.00664. The molecule has 202 valence electrons. The lowest BCUT2D eigenvalue weighted by Crippen LogP contribution is -2.47. The molecule has 2 aliphatic rings. The number of carbonyl (C=O) groups excluding carboxylic acids is 1. The number of hydrogen-bond acceptors (Lipinski definition) is 7. The molecule has 1 aromatic heterocycles. The average molecular weight is 526 g/mol. The van der Waals surface area contributed by atoms with E-state index in [0.29, 0.717) is 29.6 Å². The Hall–Kier alpha value is -3.93. The van der Waals surface area contributed by atoms with Crippen molar-refractivity contribution >= 4 is 22.4 Å². The second-order valence-corrected chi connectivity index (χ2v) is 10.2. The van der Waals surface area contributed by atoms with Crippen molar-refractivity contribution in [1.82, 2.24) is 15.2 Å². The zero-order valence-corrected chi connectivity index (χ0v) is 22.4. The third-order valence-corrected chi connectivity index (χ3v) is 7.71. The number of morpholine rings is 1. The normalized spacial score (nSPS) is 19.7. The van der Waals surface area contributed by atoms with Gasteiger partial charge in [-0.15, -0.1) is 0 Å². The third kappa shape index (κ3) is 6.22. The Bertz CT molecular complexity index is 1380. The Labute approximate surface area is 229 Å². The minimum atomic E-state index is -0.133. The van der Waals surface area contributed by atoms with Crippen LogP contribution in [0.15, 0.2) is 60.7 Å². The van der Waals surface area contributed by atoms with E-state index in [1.165, 1.54) is 0 Å². The summed E-state index contributed by atoms with van der Waals surface area (Å²) in [6.45, 7) is 7.73. The van der Waals surface area contributed by atoms with Crippen molar-refractivity contribution in [3.63, 3.8) is 0 Å². The fourth-order valence-electron chi connectivity index (χ4n) is 5.56. The number of rotatable bonds is 8. The Balaban J connectivity index is 1.30. The van der Waals surface area contributed by atoms with E-state index in [-0.39, 0.29) is 11.9 Å². The number of amides is 1. The standard InChI is InChI=1S/C31H35N5O3/c1-21(19-32)20-33-30-26-18-23(7-6-22(26)8-13-29(30)38-2)27-4-3-5-28(35-27)31(37)34-24-9-11-25(12-10-24)36-14-16-39-17-15-36/h3-8,13,18,24-25,33H,1,9-12,14-17,20H2,2H3,(H,34,37)/t24-,25+. The first-order valence-electron chi connectivity index (χ1n) is 13.6. The SMILES string of the molecule is C=C(C#N)CNc1c(OC)ccc2ccc(-c3cccc(C(=O)N[C@H]4CC[C@@H](N5CCOCC5)CC4)n3)cc12. The molecule has 0 spiro atoms. The summed E-state index contributed by atoms with van der Waals surface area (Å²) in [5, 5.41) is 17.6. The van der Waals surface area contributed by atoms with Crippen LogP contribution >= 0.6 is 0 Å². The van der Waals surface area contributed by atoms with Crippen LogP contribution in [0.5, 0.6) is 5.75 Å². The van der Waals surface area contributed by atoms with E-state index < -0.39 is 0 Å². The number of ether oxygens (including phenoxy) is 2. The van der Waals surface area contributed by atoms with Crippen molar-refractivity contribution in [1.29, 1.82) is 5.26 Å². The van der Waals surface area contributed by atoms with E-state index in [1.54, 1.807) is 13.2 Å². The number of methoxy groups -OCH3 is 1. The molecule has 2 heterocycles. The van der Waals surface area contributed by atoms with Gasteiger partial charge >= 0.3 is 0 Å². The second kappa shape index (κ2) is 12.3. The minimum Gasteiger partial charge on any atom is -0.495 e. The van der Waals surface area contributed by atoms with Gasteiger partial charge in [0.15, 0.2) is 0 Å². The van der Waals surface area contributed by atoms with Gasteiger partial charge in [-0.1, -0.05) is 30.8 Å². The molecule has 2 aromatic carbocycles. The Kier molecular flexibility index (Phi) is 8.40. The van der Waals surface area contributed by atoms with Crippen LogP contribution in [0.25, 0.3) is 22.0 Å². The topological polar surface area (TPSA) is 99.5 Å². The number of nitrogens with one attached hydrogen (secondary N) is 2. The number of aromatic nitrogens is 1. The van der Waals surface area contributed by atoms with Crippen LogP contribution < -0.4 is 15.4 Å². The molecule has 0 unspecified atom stereocenters. The van der Waals surface area contributed by atoms with Crippen LogP contribution in [-0.4, -0.2) is 67.8 Å². The first kappa shape index (κ1) is 26.7. The maximum atomic E-state index is 13.1. The quantitative estimate of drug-likeness (QED) is 0.409. The number of carbonyl (C=O) groups is 1.